The Hall–Kier alpha value is -3.20. The molecule has 0 unspecified atom stereocenters. The molecular formula is C22H17NO2. The summed E-state index contributed by atoms with van der Waals surface area (Å²) < 4.78 is 0. The van der Waals surface area contributed by atoms with Crippen LogP contribution in [0.1, 0.15) is 28.8 Å². The molecule has 0 saturated heterocycles. The van der Waals surface area contributed by atoms with Crippen LogP contribution in [0.2, 0.25) is 0 Å². The molecule has 1 aliphatic rings. The zero-order chi connectivity index (χ0) is 17.6. The van der Waals surface area contributed by atoms with Crippen molar-refractivity contribution in [3.8, 4) is 0 Å². The van der Waals surface area contributed by atoms with Gasteiger partial charge in [0, 0.05) is 33.3 Å². The highest BCUT2D eigenvalue weighted by Gasteiger charge is 2.34. The topological polar surface area (TPSA) is 49.9 Å². The monoisotopic (exact) mass is 327 g/mol. The fourth-order valence-corrected chi connectivity index (χ4v) is 3.56. The molecular weight excluding hydrogens is 310 g/mol. The number of aromatic nitrogens is 1. The van der Waals surface area contributed by atoms with Crippen molar-refractivity contribution in [2.45, 2.75) is 13.3 Å². The van der Waals surface area contributed by atoms with Gasteiger partial charge in [0.1, 0.15) is 0 Å². The summed E-state index contributed by atoms with van der Waals surface area (Å²) in [6.45, 7) is 5.69. The molecule has 1 N–H and O–H groups in total. The van der Waals surface area contributed by atoms with Gasteiger partial charge >= 0.3 is 0 Å². The summed E-state index contributed by atoms with van der Waals surface area (Å²) in [6.07, 6.45) is 1.69. The molecule has 2 aromatic carbocycles. The minimum absolute atomic E-state index is 0.0627. The van der Waals surface area contributed by atoms with Crippen LogP contribution in [-0.4, -0.2) is 16.6 Å². The lowest BCUT2D eigenvalue weighted by molar-refractivity contribution is -0.119. The molecule has 122 valence electrons. The van der Waals surface area contributed by atoms with Crippen LogP contribution in [0.4, 0.5) is 0 Å². The molecule has 1 aliphatic carbocycles. The van der Waals surface area contributed by atoms with Gasteiger partial charge in [-0.25, -0.2) is 0 Å². The normalized spacial score (nSPS) is 14.6. The minimum Gasteiger partial charge on any atom is -0.358 e. The number of benzene rings is 2. The predicted octanol–water partition coefficient (Wildman–Crippen LogP) is 4.57. The van der Waals surface area contributed by atoms with Crippen LogP contribution in [0, 0.1) is 6.92 Å². The molecule has 1 heterocycles. The minimum atomic E-state index is -0.115. The molecule has 0 saturated carbocycles. The smallest absolute Gasteiger partial charge is 0.172 e. The first-order valence-electron chi connectivity index (χ1n) is 8.21. The van der Waals surface area contributed by atoms with Crippen molar-refractivity contribution in [3.63, 3.8) is 0 Å². The molecule has 0 fully saturated rings. The third kappa shape index (κ3) is 2.36. The van der Waals surface area contributed by atoms with Crippen molar-refractivity contribution >= 4 is 39.7 Å². The molecule has 4 rings (SSSR count). The maximum absolute atomic E-state index is 12.7. The molecule has 0 aliphatic heterocycles. The summed E-state index contributed by atoms with van der Waals surface area (Å²) in [5, 5.41) is 0.971. The fourth-order valence-electron chi connectivity index (χ4n) is 3.56. The molecule has 0 atom stereocenters. The second-order valence-corrected chi connectivity index (χ2v) is 6.27. The van der Waals surface area contributed by atoms with Gasteiger partial charge in [0.2, 0.25) is 0 Å². The zero-order valence-corrected chi connectivity index (χ0v) is 13.9. The van der Waals surface area contributed by atoms with Gasteiger partial charge in [-0.2, -0.15) is 0 Å². The van der Waals surface area contributed by atoms with E-state index in [1.54, 1.807) is 6.08 Å². The number of carbonyl (C=O) groups is 2. The first kappa shape index (κ1) is 15.3. The van der Waals surface area contributed by atoms with Gasteiger partial charge in [-0.15, -0.1) is 0 Å². The number of ketones is 2. The van der Waals surface area contributed by atoms with Crippen LogP contribution in [-0.2, 0) is 9.59 Å². The van der Waals surface area contributed by atoms with Gasteiger partial charge in [-0.05, 0) is 24.1 Å². The lowest BCUT2D eigenvalue weighted by Gasteiger charge is -2.07. The van der Waals surface area contributed by atoms with E-state index in [1.165, 1.54) is 0 Å². The number of aryl methyl sites for hydroxylation is 1. The van der Waals surface area contributed by atoms with Gasteiger partial charge in [0.15, 0.2) is 11.6 Å². The van der Waals surface area contributed by atoms with Crippen LogP contribution in [0.5, 0.6) is 0 Å². The van der Waals surface area contributed by atoms with Crippen LogP contribution >= 0.6 is 0 Å². The number of nitrogens with one attached hydrogen (secondary N) is 1. The van der Waals surface area contributed by atoms with Crippen molar-refractivity contribution in [3.05, 3.63) is 77.5 Å². The van der Waals surface area contributed by atoms with Crippen molar-refractivity contribution < 1.29 is 9.59 Å². The number of aromatic amines is 1. The maximum Gasteiger partial charge on any atom is 0.172 e. The number of fused-ring (bicyclic) bond motifs is 1. The Balaban J connectivity index is 2.01. The third-order valence-corrected chi connectivity index (χ3v) is 4.71. The molecule has 25 heavy (non-hydrogen) atoms. The number of Topliss-reactive ketones (excluding diaryl/α,β-unsaturated/α-hetero) is 2. The molecule has 1 aromatic heterocycles. The second kappa shape index (κ2) is 5.71. The molecule has 0 amide bonds. The van der Waals surface area contributed by atoms with E-state index < -0.39 is 0 Å². The van der Waals surface area contributed by atoms with Crippen molar-refractivity contribution in [2.75, 3.05) is 0 Å². The number of hydrogen-bond donors (Lipinski definition) is 1. The van der Waals surface area contributed by atoms with E-state index in [9.17, 15) is 9.59 Å². The lowest BCUT2D eigenvalue weighted by atomic mass is 9.94. The van der Waals surface area contributed by atoms with Gasteiger partial charge in [0.25, 0.3) is 0 Å². The molecule has 3 nitrogen and oxygen atoms in total. The number of rotatable bonds is 3. The summed E-state index contributed by atoms with van der Waals surface area (Å²) >= 11 is 0. The summed E-state index contributed by atoms with van der Waals surface area (Å²) in [5.41, 5.74) is 5.52. The third-order valence-electron chi connectivity index (χ3n) is 4.71. The first-order valence-corrected chi connectivity index (χ1v) is 8.21. The number of allylic oxidation sites excluding steroid dienone is 2. The fraction of sp³-hybridized carbons (Fsp3) is 0.0909. The lowest BCUT2D eigenvalue weighted by Crippen LogP contribution is -1.97. The number of para-hydroxylation sites is 1. The first-order chi connectivity index (χ1) is 12.1. The van der Waals surface area contributed by atoms with Gasteiger partial charge in [-0.3, -0.25) is 9.59 Å². The van der Waals surface area contributed by atoms with E-state index in [-0.39, 0.29) is 18.0 Å². The Morgan fingerprint density at radius 3 is 2.36 bits per heavy atom. The molecule has 3 aromatic rings. The Morgan fingerprint density at radius 1 is 0.960 bits per heavy atom. The van der Waals surface area contributed by atoms with E-state index in [1.807, 2.05) is 55.5 Å². The number of carbonyl (C=O) groups excluding carboxylic acids is 2. The van der Waals surface area contributed by atoms with Crippen LogP contribution in [0.25, 0.3) is 28.1 Å². The molecule has 0 bridgehead atoms. The highest BCUT2D eigenvalue weighted by molar-refractivity contribution is 6.51. The number of hydrogen-bond acceptors (Lipinski definition) is 2. The maximum atomic E-state index is 12.7. The van der Waals surface area contributed by atoms with Crippen LogP contribution in [0.15, 0.2) is 55.1 Å². The average Bonchev–Trinajstić information content (AvgIpc) is 3.09. The summed E-state index contributed by atoms with van der Waals surface area (Å²) in [4.78, 5) is 28.6. The van der Waals surface area contributed by atoms with Gasteiger partial charge in [0.05, 0.1) is 6.42 Å². The van der Waals surface area contributed by atoms with Gasteiger partial charge < -0.3 is 4.98 Å². The number of H-pyrrole nitrogens is 1. The Labute approximate surface area is 145 Å². The van der Waals surface area contributed by atoms with E-state index in [0.29, 0.717) is 11.1 Å². The summed E-state index contributed by atoms with van der Waals surface area (Å²) in [5.74, 6) is -0.225. The van der Waals surface area contributed by atoms with E-state index in [0.717, 1.165) is 33.3 Å². The van der Waals surface area contributed by atoms with Gasteiger partial charge in [-0.1, -0.05) is 55.1 Å². The Bertz CT molecular complexity index is 1070. The SMILES string of the molecule is C=Cc1ccc(C2=C(c3c(C)[nH]c4ccccc34)C(=O)CC2=O)cc1. The Kier molecular flexibility index (Phi) is 3.50. The largest absolute Gasteiger partial charge is 0.358 e. The Morgan fingerprint density at radius 2 is 1.64 bits per heavy atom. The highest BCUT2D eigenvalue weighted by atomic mass is 16.2. The second-order valence-electron chi connectivity index (χ2n) is 6.27. The van der Waals surface area contributed by atoms with Crippen LogP contribution in [0.3, 0.4) is 0 Å². The quantitative estimate of drug-likeness (QED) is 0.716. The van der Waals surface area contributed by atoms with Crippen molar-refractivity contribution in [2.24, 2.45) is 0 Å². The van der Waals surface area contributed by atoms with E-state index in [2.05, 4.69) is 11.6 Å². The highest BCUT2D eigenvalue weighted by Crippen LogP contribution is 2.39. The zero-order valence-electron chi connectivity index (χ0n) is 13.9. The summed E-state index contributed by atoms with van der Waals surface area (Å²) in [6, 6.07) is 15.4. The standard InChI is InChI=1S/C22H17NO2/c1-3-14-8-10-15(11-9-14)21-18(24)12-19(25)22(21)20-13(2)23-17-7-5-4-6-16(17)20/h3-11,23H,1,12H2,2H3. The van der Waals surface area contributed by atoms with E-state index in [4.69, 9.17) is 0 Å². The van der Waals surface area contributed by atoms with Crippen molar-refractivity contribution in [1.82, 2.24) is 4.98 Å². The summed E-state index contributed by atoms with van der Waals surface area (Å²) in [7, 11) is 0. The van der Waals surface area contributed by atoms with Crippen LogP contribution < -0.4 is 0 Å². The molecule has 3 heteroatoms. The molecule has 0 spiro atoms. The molecule has 0 radical (unpaired) electrons. The predicted molar refractivity (Wildman–Crippen MR) is 101 cm³/mol. The van der Waals surface area contributed by atoms with E-state index >= 15 is 0 Å². The average molecular weight is 327 g/mol. The van der Waals surface area contributed by atoms with Crippen molar-refractivity contribution in [1.29, 1.82) is 0 Å².